The zero-order valence-corrected chi connectivity index (χ0v) is 18.9. The number of hydrogen-bond acceptors (Lipinski definition) is 7. The molecule has 0 aliphatic rings. The second-order valence-electron chi connectivity index (χ2n) is 7.57. The molecule has 0 N–H and O–H groups in total. The van der Waals surface area contributed by atoms with E-state index in [9.17, 15) is 14.9 Å². The maximum Gasteiger partial charge on any atom is 0.306 e. The van der Waals surface area contributed by atoms with Gasteiger partial charge in [-0.25, -0.2) is 0 Å². The van der Waals surface area contributed by atoms with Gasteiger partial charge >= 0.3 is 5.97 Å². The van der Waals surface area contributed by atoms with Crippen LogP contribution in [0.4, 0.5) is 5.69 Å². The van der Waals surface area contributed by atoms with E-state index in [-0.39, 0.29) is 23.0 Å². The Bertz CT molecular complexity index is 693. The van der Waals surface area contributed by atoms with Gasteiger partial charge in [0.2, 0.25) is 0 Å². The highest BCUT2D eigenvalue weighted by atomic mass is 28.3. The molecule has 0 aliphatic carbocycles. The molecule has 0 heterocycles. The minimum atomic E-state index is -1.40. The summed E-state index contributed by atoms with van der Waals surface area (Å²) in [5.74, 6) is 0.243. The van der Waals surface area contributed by atoms with Gasteiger partial charge in [0.25, 0.3) is 5.69 Å². The van der Waals surface area contributed by atoms with Crippen molar-refractivity contribution in [1.29, 1.82) is 0 Å². The molecule has 9 heteroatoms. The predicted molar refractivity (Wildman–Crippen MR) is 111 cm³/mol. The summed E-state index contributed by atoms with van der Waals surface area (Å²) in [7, 11) is 5.65. The molecule has 0 radical (unpaired) electrons. The molecule has 28 heavy (non-hydrogen) atoms. The topological polar surface area (TPSA) is 91.1 Å². The second-order valence-corrected chi connectivity index (χ2v) is 12.6. The number of nitro benzene ring substituents is 1. The summed E-state index contributed by atoms with van der Waals surface area (Å²) in [4.78, 5) is 23.1. The van der Waals surface area contributed by atoms with Gasteiger partial charge in [0.1, 0.15) is 14.3 Å². The van der Waals surface area contributed by atoms with Crippen LogP contribution in [-0.2, 0) is 9.53 Å². The molecule has 1 aromatic rings. The van der Waals surface area contributed by atoms with Gasteiger partial charge in [-0.2, -0.15) is 0 Å². The third-order valence-electron chi connectivity index (χ3n) is 5.11. The average Bonchev–Trinajstić information content (AvgIpc) is 2.63. The Balaban J connectivity index is 2.75. The van der Waals surface area contributed by atoms with Crippen molar-refractivity contribution >= 4 is 19.9 Å². The van der Waals surface area contributed by atoms with Crippen LogP contribution in [0.5, 0.6) is 11.5 Å². The third kappa shape index (κ3) is 6.49. The number of benzene rings is 1. The molecule has 0 saturated carbocycles. The van der Waals surface area contributed by atoms with Crippen molar-refractivity contribution in [1.82, 2.24) is 4.57 Å². The SMILES string of the molecule is COc1cc(C(C)OC(=O)CCCC[Si](C)(C)N(C)C)c([N+](=O)[O-])cc1OC. The highest BCUT2D eigenvalue weighted by molar-refractivity contribution is 6.74. The highest BCUT2D eigenvalue weighted by Gasteiger charge is 2.26. The quantitative estimate of drug-likeness (QED) is 0.177. The van der Waals surface area contributed by atoms with Crippen LogP contribution in [-0.4, -0.2) is 52.0 Å². The Hall–Kier alpha value is -2.13. The lowest BCUT2D eigenvalue weighted by molar-refractivity contribution is -0.386. The minimum Gasteiger partial charge on any atom is -0.493 e. The zero-order chi connectivity index (χ0) is 21.5. The van der Waals surface area contributed by atoms with E-state index in [2.05, 4.69) is 31.8 Å². The maximum atomic E-state index is 12.2. The fraction of sp³-hybridized carbons (Fsp3) is 0.632. The Labute approximate surface area is 168 Å². The largest absolute Gasteiger partial charge is 0.493 e. The Morgan fingerprint density at radius 3 is 2.25 bits per heavy atom. The molecule has 1 rings (SSSR count). The Morgan fingerprint density at radius 2 is 1.75 bits per heavy atom. The summed E-state index contributed by atoms with van der Waals surface area (Å²) in [6.07, 6.45) is 1.23. The molecular weight excluding hydrogens is 380 g/mol. The van der Waals surface area contributed by atoms with E-state index in [1.165, 1.54) is 26.4 Å². The van der Waals surface area contributed by atoms with Gasteiger partial charge in [0, 0.05) is 6.42 Å². The van der Waals surface area contributed by atoms with E-state index >= 15 is 0 Å². The van der Waals surface area contributed by atoms with Crippen molar-refractivity contribution in [2.45, 2.75) is 51.4 Å². The van der Waals surface area contributed by atoms with Crippen LogP contribution in [0.1, 0.15) is 37.9 Å². The fourth-order valence-electron chi connectivity index (χ4n) is 2.74. The number of carbonyl (C=O) groups excluding carboxylic acids is 1. The molecule has 8 nitrogen and oxygen atoms in total. The van der Waals surface area contributed by atoms with Gasteiger partial charge in [0.15, 0.2) is 11.5 Å². The van der Waals surface area contributed by atoms with Crippen LogP contribution in [0.25, 0.3) is 0 Å². The smallest absolute Gasteiger partial charge is 0.306 e. The van der Waals surface area contributed by atoms with E-state index in [1.54, 1.807) is 6.92 Å². The van der Waals surface area contributed by atoms with Gasteiger partial charge < -0.3 is 18.8 Å². The fourth-order valence-corrected chi connectivity index (χ4v) is 4.30. The lowest BCUT2D eigenvalue weighted by atomic mass is 10.1. The summed E-state index contributed by atoms with van der Waals surface area (Å²) in [5.41, 5.74) is 0.105. The summed E-state index contributed by atoms with van der Waals surface area (Å²) in [6, 6.07) is 3.87. The molecule has 0 bridgehead atoms. The third-order valence-corrected chi connectivity index (χ3v) is 9.10. The highest BCUT2D eigenvalue weighted by Crippen LogP contribution is 2.38. The molecule has 1 atom stereocenters. The maximum absolute atomic E-state index is 12.2. The number of hydrogen-bond donors (Lipinski definition) is 0. The lowest BCUT2D eigenvalue weighted by Crippen LogP contribution is -2.43. The molecule has 1 aromatic carbocycles. The number of methoxy groups -OCH3 is 2. The predicted octanol–water partition coefficient (Wildman–Crippen LogP) is 4.15. The second kappa shape index (κ2) is 10.4. The molecule has 158 valence electrons. The number of unbranched alkanes of at least 4 members (excludes halogenated alkanes) is 1. The van der Waals surface area contributed by atoms with Crippen molar-refractivity contribution in [3.05, 3.63) is 27.8 Å². The molecule has 0 aliphatic heterocycles. The van der Waals surface area contributed by atoms with Crippen molar-refractivity contribution < 1.29 is 23.9 Å². The lowest BCUT2D eigenvalue weighted by Gasteiger charge is -2.30. The van der Waals surface area contributed by atoms with Crippen molar-refractivity contribution in [2.24, 2.45) is 0 Å². The van der Waals surface area contributed by atoms with Crippen LogP contribution < -0.4 is 9.47 Å². The van der Waals surface area contributed by atoms with Gasteiger partial charge in [-0.1, -0.05) is 19.5 Å². The van der Waals surface area contributed by atoms with E-state index < -0.39 is 19.3 Å². The van der Waals surface area contributed by atoms with Crippen LogP contribution in [0.3, 0.4) is 0 Å². The van der Waals surface area contributed by atoms with Crippen molar-refractivity contribution in [2.75, 3.05) is 28.3 Å². The number of carbonyl (C=O) groups is 1. The average molecular weight is 413 g/mol. The van der Waals surface area contributed by atoms with Crippen LogP contribution in [0.15, 0.2) is 12.1 Å². The summed E-state index contributed by atoms with van der Waals surface area (Å²) in [5, 5.41) is 11.4. The molecular formula is C19H32N2O6Si. The molecule has 1 unspecified atom stereocenters. The van der Waals surface area contributed by atoms with Crippen LogP contribution >= 0.6 is 0 Å². The minimum absolute atomic E-state index is 0.170. The van der Waals surface area contributed by atoms with Gasteiger partial charge in [-0.3, -0.25) is 14.9 Å². The van der Waals surface area contributed by atoms with E-state index in [0.717, 1.165) is 18.9 Å². The number of rotatable bonds is 11. The molecule has 0 saturated heterocycles. The van der Waals surface area contributed by atoms with E-state index in [0.29, 0.717) is 12.2 Å². The first kappa shape index (κ1) is 23.9. The van der Waals surface area contributed by atoms with Gasteiger partial charge in [0.05, 0.1) is 30.8 Å². The molecule has 0 amide bonds. The molecule has 0 aromatic heterocycles. The Morgan fingerprint density at radius 1 is 1.18 bits per heavy atom. The van der Waals surface area contributed by atoms with Crippen molar-refractivity contribution in [3.8, 4) is 11.5 Å². The van der Waals surface area contributed by atoms with Gasteiger partial charge in [-0.15, -0.1) is 0 Å². The van der Waals surface area contributed by atoms with Crippen LogP contribution in [0.2, 0.25) is 19.1 Å². The standard InChI is InChI=1S/C19H32N2O6Si/c1-14(27-19(22)10-8-9-11-28(6,7)20(2)3)15-12-17(25-4)18(26-5)13-16(15)21(23)24/h12-14H,8-11H2,1-7H3. The van der Waals surface area contributed by atoms with Crippen LogP contribution in [0, 0.1) is 10.1 Å². The summed E-state index contributed by atoms with van der Waals surface area (Å²) >= 11 is 0. The number of nitrogens with zero attached hydrogens (tertiary/aromatic N) is 2. The summed E-state index contributed by atoms with van der Waals surface area (Å²) in [6.45, 7) is 6.21. The van der Waals surface area contributed by atoms with E-state index in [4.69, 9.17) is 14.2 Å². The monoisotopic (exact) mass is 412 g/mol. The van der Waals surface area contributed by atoms with E-state index in [1.807, 2.05) is 0 Å². The zero-order valence-electron chi connectivity index (χ0n) is 17.9. The summed E-state index contributed by atoms with van der Waals surface area (Å²) < 4.78 is 18.1. The van der Waals surface area contributed by atoms with Gasteiger partial charge in [-0.05, 0) is 39.6 Å². The first-order valence-electron chi connectivity index (χ1n) is 9.30. The molecule has 0 spiro atoms. The number of nitro groups is 1. The normalized spacial score (nSPS) is 12.6. The van der Waals surface area contributed by atoms with Crippen molar-refractivity contribution in [3.63, 3.8) is 0 Å². The molecule has 0 fully saturated rings. The first-order valence-corrected chi connectivity index (χ1v) is 12.5. The Kier molecular flexibility index (Phi) is 8.90. The first-order chi connectivity index (χ1) is 13.0. The number of ether oxygens (including phenoxy) is 3. The number of esters is 1.